The van der Waals surface area contributed by atoms with Crippen molar-refractivity contribution >= 4 is 15.9 Å². The maximum atomic E-state index is 12.7. The Balaban J connectivity index is 1.54. The normalized spacial score (nSPS) is 13.0. The highest BCUT2D eigenvalue weighted by Gasteiger charge is 2.18. The second-order valence-electron chi connectivity index (χ2n) is 8.30. The van der Waals surface area contributed by atoms with Crippen LogP contribution in [0, 0.1) is 0 Å². The third kappa shape index (κ3) is 7.07. The van der Waals surface area contributed by atoms with Gasteiger partial charge in [0, 0.05) is 12.5 Å². The van der Waals surface area contributed by atoms with Crippen LogP contribution in [0.5, 0.6) is 11.5 Å². The summed E-state index contributed by atoms with van der Waals surface area (Å²) in [6.07, 6.45) is 0.783. The first-order chi connectivity index (χ1) is 16.7. The molecule has 1 amide bonds. The van der Waals surface area contributed by atoms with Crippen molar-refractivity contribution in [1.82, 2.24) is 10.0 Å². The summed E-state index contributed by atoms with van der Waals surface area (Å²) in [4.78, 5) is 12.7. The molecule has 0 saturated heterocycles. The highest BCUT2D eigenvalue weighted by molar-refractivity contribution is 7.89. The van der Waals surface area contributed by atoms with Crippen LogP contribution in [0.1, 0.15) is 49.0 Å². The minimum absolute atomic E-state index is 0.0951. The lowest BCUT2D eigenvalue weighted by atomic mass is 10.1. The first-order valence-corrected chi connectivity index (χ1v) is 12.9. The van der Waals surface area contributed by atoms with E-state index in [9.17, 15) is 13.2 Å². The van der Waals surface area contributed by atoms with Crippen LogP contribution < -0.4 is 19.5 Å². The van der Waals surface area contributed by atoms with Crippen LogP contribution in [0.2, 0.25) is 0 Å². The zero-order valence-electron chi connectivity index (χ0n) is 20.4. The van der Waals surface area contributed by atoms with Gasteiger partial charge in [-0.2, -0.15) is 0 Å². The average molecular weight is 497 g/mol. The summed E-state index contributed by atoms with van der Waals surface area (Å²) in [6.45, 7) is 3.71. The Morgan fingerprint density at radius 1 is 0.829 bits per heavy atom. The maximum absolute atomic E-state index is 12.7. The van der Waals surface area contributed by atoms with Gasteiger partial charge in [0.15, 0.2) is 11.5 Å². The monoisotopic (exact) mass is 496 g/mol. The second-order valence-corrected chi connectivity index (χ2v) is 10.0. The minimum atomic E-state index is -3.66. The van der Waals surface area contributed by atoms with Gasteiger partial charge in [-0.15, -0.1) is 0 Å². The van der Waals surface area contributed by atoms with E-state index in [1.165, 1.54) is 0 Å². The fraction of sp³-hybridized carbons (Fsp3) is 0.296. The van der Waals surface area contributed by atoms with E-state index < -0.39 is 10.0 Å². The predicted octanol–water partition coefficient (Wildman–Crippen LogP) is 4.55. The van der Waals surface area contributed by atoms with E-state index in [1.54, 1.807) is 38.5 Å². The number of benzene rings is 3. The van der Waals surface area contributed by atoms with Gasteiger partial charge in [-0.1, -0.05) is 48.5 Å². The fourth-order valence-electron chi connectivity index (χ4n) is 3.72. The summed E-state index contributed by atoms with van der Waals surface area (Å²) < 4.78 is 38.8. The lowest BCUT2D eigenvalue weighted by molar-refractivity contribution is -0.121. The summed E-state index contributed by atoms with van der Waals surface area (Å²) in [6, 6.07) is 21.0. The number of amides is 1. The van der Waals surface area contributed by atoms with E-state index in [4.69, 9.17) is 9.47 Å². The van der Waals surface area contributed by atoms with Gasteiger partial charge in [0.05, 0.1) is 25.2 Å². The van der Waals surface area contributed by atoms with Crippen molar-refractivity contribution in [2.75, 3.05) is 14.2 Å². The number of sulfonamides is 1. The summed E-state index contributed by atoms with van der Waals surface area (Å²) >= 11 is 0. The van der Waals surface area contributed by atoms with Crippen molar-refractivity contribution in [3.8, 4) is 11.5 Å². The molecule has 0 aliphatic carbocycles. The summed E-state index contributed by atoms with van der Waals surface area (Å²) in [7, 11) is -0.515. The molecule has 2 unspecified atom stereocenters. The molecule has 8 heteroatoms. The Morgan fingerprint density at radius 3 is 2.11 bits per heavy atom. The fourth-order valence-corrected chi connectivity index (χ4v) is 4.95. The molecular formula is C27H32N2O5S. The molecule has 0 aromatic heterocycles. The molecule has 3 rings (SSSR count). The van der Waals surface area contributed by atoms with Gasteiger partial charge in [0.25, 0.3) is 0 Å². The van der Waals surface area contributed by atoms with Crippen molar-refractivity contribution < 1.29 is 22.7 Å². The van der Waals surface area contributed by atoms with Crippen LogP contribution in [0.4, 0.5) is 0 Å². The van der Waals surface area contributed by atoms with E-state index in [0.717, 1.165) is 16.7 Å². The van der Waals surface area contributed by atoms with Crippen molar-refractivity contribution in [2.24, 2.45) is 0 Å². The molecule has 0 fully saturated rings. The molecular weight excluding hydrogens is 464 g/mol. The molecule has 0 heterocycles. The molecule has 0 aliphatic rings. The largest absolute Gasteiger partial charge is 0.493 e. The van der Waals surface area contributed by atoms with Gasteiger partial charge >= 0.3 is 0 Å². The van der Waals surface area contributed by atoms with Crippen LogP contribution in [-0.2, 0) is 21.2 Å². The summed E-state index contributed by atoms with van der Waals surface area (Å²) in [5.74, 6) is 1.14. The Hall–Kier alpha value is -3.36. The average Bonchev–Trinajstić information content (AvgIpc) is 2.87. The maximum Gasteiger partial charge on any atom is 0.241 e. The third-order valence-electron chi connectivity index (χ3n) is 5.79. The number of nitrogens with one attached hydrogen (secondary N) is 2. The molecule has 0 radical (unpaired) electrons. The van der Waals surface area contributed by atoms with Crippen LogP contribution in [0.3, 0.4) is 0 Å². The minimum Gasteiger partial charge on any atom is -0.493 e. The zero-order chi connectivity index (χ0) is 25.4. The molecule has 0 spiro atoms. The predicted molar refractivity (Wildman–Crippen MR) is 136 cm³/mol. The van der Waals surface area contributed by atoms with Gasteiger partial charge < -0.3 is 14.8 Å². The summed E-state index contributed by atoms with van der Waals surface area (Å²) in [5.41, 5.74) is 2.68. The topological polar surface area (TPSA) is 93.7 Å². The molecule has 0 saturated carbocycles. The Kier molecular flexibility index (Phi) is 8.89. The number of hydrogen-bond acceptors (Lipinski definition) is 5. The quantitative estimate of drug-likeness (QED) is 0.406. The van der Waals surface area contributed by atoms with Gasteiger partial charge in [-0.25, -0.2) is 13.1 Å². The Morgan fingerprint density at radius 2 is 1.49 bits per heavy atom. The molecule has 2 atom stereocenters. The van der Waals surface area contributed by atoms with Crippen molar-refractivity contribution in [3.05, 3.63) is 89.5 Å². The molecule has 3 aromatic rings. The smallest absolute Gasteiger partial charge is 0.241 e. The van der Waals surface area contributed by atoms with E-state index in [-0.39, 0.29) is 29.3 Å². The number of aryl methyl sites for hydroxylation is 1. The van der Waals surface area contributed by atoms with E-state index in [0.29, 0.717) is 17.9 Å². The lowest BCUT2D eigenvalue weighted by Crippen LogP contribution is -2.27. The first kappa shape index (κ1) is 26.2. The highest BCUT2D eigenvalue weighted by Crippen LogP contribution is 2.30. The molecule has 0 aliphatic heterocycles. The van der Waals surface area contributed by atoms with Crippen LogP contribution in [0.15, 0.2) is 77.7 Å². The van der Waals surface area contributed by atoms with Crippen LogP contribution in [0.25, 0.3) is 0 Å². The van der Waals surface area contributed by atoms with Gasteiger partial charge in [0.2, 0.25) is 15.9 Å². The number of rotatable bonds is 11. The molecule has 0 bridgehead atoms. The van der Waals surface area contributed by atoms with Crippen molar-refractivity contribution in [3.63, 3.8) is 0 Å². The molecule has 3 aromatic carbocycles. The van der Waals surface area contributed by atoms with E-state index in [1.807, 2.05) is 62.4 Å². The number of hydrogen-bond donors (Lipinski definition) is 2. The molecule has 7 nitrogen and oxygen atoms in total. The van der Waals surface area contributed by atoms with Crippen LogP contribution >= 0.6 is 0 Å². The van der Waals surface area contributed by atoms with Gasteiger partial charge in [-0.05, 0) is 61.2 Å². The van der Waals surface area contributed by atoms with Crippen molar-refractivity contribution in [1.29, 1.82) is 0 Å². The van der Waals surface area contributed by atoms with E-state index >= 15 is 0 Å². The van der Waals surface area contributed by atoms with E-state index in [2.05, 4.69) is 10.0 Å². The highest BCUT2D eigenvalue weighted by atomic mass is 32.2. The first-order valence-electron chi connectivity index (χ1n) is 11.4. The van der Waals surface area contributed by atoms with Gasteiger partial charge in [-0.3, -0.25) is 4.79 Å². The summed E-state index contributed by atoms with van der Waals surface area (Å²) in [5, 5.41) is 2.99. The lowest BCUT2D eigenvalue weighted by Gasteiger charge is -2.17. The standard InChI is InChI=1S/C27H32N2O5S/c1-19(23-13-16-25(33-3)26(18-23)34-4)28-27(30)17-12-21-10-14-24(15-11-21)35(31,32)29-20(2)22-8-6-5-7-9-22/h5-11,13-16,18-20,29H,12,17H2,1-4H3,(H,28,30). The van der Waals surface area contributed by atoms with Crippen molar-refractivity contribution in [2.45, 2.75) is 43.7 Å². The molecule has 2 N–H and O–H groups in total. The number of carbonyl (C=O) groups is 1. The zero-order valence-corrected chi connectivity index (χ0v) is 21.3. The number of ether oxygens (including phenoxy) is 2. The second kappa shape index (κ2) is 11.9. The molecule has 35 heavy (non-hydrogen) atoms. The van der Waals surface area contributed by atoms with Crippen LogP contribution in [-0.4, -0.2) is 28.5 Å². The number of methoxy groups -OCH3 is 2. The SMILES string of the molecule is COc1ccc(C(C)NC(=O)CCc2ccc(S(=O)(=O)NC(C)c3ccccc3)cc2)cc1OC. The molecule has 186 valence electrons. The Bertz CT molecular complexity index is 1230. The number of carbonyl (C=O) groups excluding carboxylic acids is 1. The van der Waals surface area contributed by atoms with Gasteiger partial charge in [0.1, 0.15) is 0 Å². The Labute approximate surface area is 207 Å². The third-order valence-corrected chi connectivity index (χ3v) is 7.35.